The number of hydrogen-bond acceptors (Lipinski definition) is 3. The Morgan fingerprint density at radius 1 is 1.42 bits per heavy atom. The smallest absolute Gasteiger partial charge is 0.329 e. The lowest BCUT2D eigenvalue weighted by molar-refractivity contribution is -0.147. The number of carbonyl (C=O) groups is 2. The van der Waals surface area contributed by atoms with Crippen molar-refractivity contribution in [2.45, 2.75) is 32.2 Å². The summed E-state index contributed by atoms with van der Waals surface area (Å²) in [6.07, 6.45) is 3.61. The van der Waals surface area contributed by atoms with Crippen LogP contribution in [0.3, 0.4) is 0 Å². The van der Waals surface area contributed by atoms with Gasteiger partial charge in [0.25, 0.3) is 0 Å². The summed E-state index contributed by atoms with van der Waals surface area (Å²) in [6, 6.07) is 3.53. The number of aliphatic carboxylic acids is 1. The van der Waals surface area contributed by atoms with E-state index in [1.54, 1.807) is 32.1 Å². The molecule has 0 radical (unpaired) electrons. The first-order chi connectivity index (χ1) is 8.93. The predicted octanol–water partition coefficient (Wildman–Crippen LogP) is 3.17. The Hall–Kier alpha value is -1.33. The van der Waals surface area contributed by atoms with E-state index < -0.39 is 17.4 Å². The summed E-state index contributed by atoms with van der Waals surface area (Å²) < 4.78 is 0.641. The average Bonchev–Trinajstić information content (AvgIpc) is 2.79. The number of amides is 1. The van der Waals surface area contributed by atoms with Gasteiger partial charge in [-0.05, 0) is 31.1 Å². The molecule has 2 N–H and O–H groups in total. The Kier molecular flexibility index (Phi) is 5.57. The van der Waals surface area contributed by atoms with Crippen LogP contribution in [0.25, 0.3) is 6.08 Å². The van der Waals surface area contributed by atoms with Crippen molar-refractivity contribution in [1.29, 1.82) is 0 Å². The maximum Gasteiger partial charge on any atom is 0.329 e. The molecule has 0 aliphatic rings. The van der Waals surface area contributed by atoms with Crippen LogP contribution < -0.4 is 5.32 Å². The molecule has 1 amide bonds. The second-order valence-corrected chi connectivity index (χ2v) is 5.81. The molecule has 1 aromatic heterocycles. The van der Waals surface area contributed by atoms with E-state index in [4.69, 9.17) is 11.6 Å². The topological polar surface area (TPSA) is 66.4 Å². The summed E-state index contributed by atoms with van der Waals surface area (Å²) in [7, 11) is 0. The van der Waals surface area contributed by atoms with Crippen molar-refractivity contribution >= 4 is 40.9 Å². The van der Waals surface area contributed by atoms with Crippen LogP contribution >= 0.6 is 22.9 Å². The van der Waals surface area contributed by atoms with Crippen molar-refractivity contribution in [3.05, 3.63) is 27.4 Å². The van der Waals surface area contributed by atoms with Crippen LogP contribution in [0.5, 0.6) is 0 Å². The molecule has 4 nitrogen and oxygen atoms in total. The summed E-state index contributed by atoms with van der Waals surface area (Å²) in [5.74, 6) is -1.44. The molecule has 0 saturated carbocycles. The standard InChI is InChI=1S/C13H16ClNO3S/c1-3-13(4-2,12(17)18)15-11(16)8-6-9-5-7-10(14)19-9/h5-8H,3-4H2,1-2H3,(H,15,16)(H,17,18). The Morgan fingerprint density at radius 3 is 2.47 bits per heavy atom. The minimum atomic E-state index is -1.20. The normalized spacial score (nSPS) is 11.7. The highest BCUT2D eigenvalue weighted by atomic mass is 35.5. The Bertz CT molecular complexity index is 492. The molecule has 19 heavy (non-hydrogen) atoms. The third-order valence-corrected chi connectivity index (χ3v) is 4.17. The average molecular weight is 302 g/mol. The largest absolute Gasteiger partial charge is 0.480 e. The van der Waals surface area contributed by atoms with Crippen molar-refractivity contribution in [1.82, 2.24) is 5.32 Å². The molecule has 6 heteroatoms. The highest BCUT2D eigenvalue weighted by Crippen LogP contribution is 2.22. The van der Waals surface area contributed by atoms with E-state index in [0.717, 1.165) is 4.88 Å². The maximum absolute atomic E-state index is 11.8. The van der Waals surface area contributed by atoms with E-state index >= 15 is 0 Å². The second kappa shape index (κ2) is 6.73. The fourth-order valence-electron chi connectivity index (χ4n) is 1.64. The molecule has 0 saturated heterocycles. The number of rotatable bonds is 6. The van der Waals surface area contributed by atoms with Crippen molar-refractivity contribution < 1.29 is 14.7 Å². The Balaban J connectivity index is 2.73. The maximum atomic E-state index is 11.8. The van der Waals surface area contributed by atoms with Crippen molar-refractivity contribution in [2.75, 3.05) is 0 Å². The van der Waals surface area contributed by atoms with Gasteiger partial charge in [-0.2, -0.15) is 0 Å². The Morgan fingerprint density at radius 2 is 2.05 bits per heavy atom. The van der Waals surface area contributed by atoms with Crippen LogP contribution in [-0.2, 0) is 9.59 Å². The van der Waals surface area contributed by atoms with Gasteiger partial charge in [-0.3, -0.25) is 4.79 Å². The van der Waals surface area contributed by atoms with Gasteiger partial charge < -0.3 is 10.4 Å². The molecule has 104 valence electrons. The van der Waals surface area contributed by atoms with Gasteiger partial charge in [0.2, 0.25) is 5.91 Å². The van der Waals surface area contributed by atoms with E-state index in [1.165, 1.54) is 17.4 Å². The fraction of sp³-hybridized carbons (Fsp3) is 0.385. The fourth-order valence-corrected chi connectivity index (χ4v) is 2.60. The number of carboxylic acid groups (broad SMARTS) is 1. The highest BCUT2D eigenvalue weighted by molar-refractivity contribution is 7.17. The summed E-state index contributed by atoms with van der Waals surface area (Å²) in [6.45, 7) is 3.47. The van der Waals surface area contributed by atoms with Crippen molar-refractivity contribution in [3.8, 4) is 0 Å². The second-order valence-electron chi connectivity index (χ2n) is 4.06. The quantitative estimate of drug-likeness (QED) is 0.793. The molecule has 0 aromatic carbocycles. The third kappa shape index (κ3) is 4.08. The third-order valence-electron chi connectivity index (χ3n) is 2.97. The SMILES string of the molecule is CCC(CC)(NC(=O)C=Cc1ccc(Cl)s1)C(=O)O. The van der Waals surface area contributed by atoms with Gasteiger partial charge in [0.1, 0.15) is 5.54 Å². The Labute approximate surface area is 121 Å². The number of hydrogen-bond donors (Lipinski definition) is 2. The van der Waals surface area contributed by atoms with Crippen LogP contribution in [-0.4, -0.2) is 22.5 Å². The molecule has 0 unspecified atom stereocenters. The van der Waals surface area contributed by atoms with Crippen molar-refractivity contribution in [3.63, 3.8) is 0 Å². The first-order valence-corrected chi connectivity index (χ1v) is 7.12. The zero-order valence-corrected chi connectivity index (χ0v) is 12.3. The summed E-state index contributed by atoms with van der Waals surface area (Å²) in [5.41, 5.74) is -1.20. The zero-order valence-electron chi connectivity index (χ0n) is 10.8. The molecular formula is C13H16ClNO3S. The van der Waals surface area contributed by atoms with E-state index in [2.05, 4.69) is 5.32 Å². The number of carbonyl (C=O) groups excluding carboxylic acids is 1. The molecule has 0 aliphatic carbocycles. The molecule has 0 atom stereocenters. The van der Waals surface area contributed by atoms with E-state index in [9.17, 15) is 14.7 Å². The molecule has 0 bridgehead atoms. The van der Waals surface area contributed by atoms with Crippen LogP contribution in [0.1, 0.15) is 31.6 Å². The lowest BCUT2D eigenvalue weighted by Gasteiger charge is -2.27. The monoisotopic (exact) mass is 301 g/mol. The van der Waals surface area contributed by atoms with Crippen LogP contribution in [0, 0.1) is 0 Å². The van der Waals surface area contributed by atoms with E-state index in [-0.39, 0.29) is 0 Å². The molecule has 0 aliphatic heterocycles. The summed E-state index contributed by atoms with van der Waals surface area (Å²) in [4.78, 5) is 23.9. The first-order valence-electron chi connectivity index (χ1n) is 5.92. The predicted molar refractivity (Wildman–Crippen MR) is 77.5 cm³/mol. The molecule has 1 rings (SSSR count). The minimum Gasteiger partial charge on any atom is -0.480 e. The van der Waals surface area contributed by atoms with Gasteiger partial charge in [0.15, 0.2) is 0 Å². The number of halogens is 1. The van der Waals surface area contributed by atoms with Crippen LogP contribution in [0.4, 0.5) is 0 Å². The molecule has 0 fully saturated rings. The molecular weight excluding hydrogens is 286 g/mol. The summed E-state index contributed by atoms with van der Waals surface area (Å²) in [5, 5.41) is 11.8. The van der Waals surface area contributed by atoms with Gasteiger partial charge in [-0.15, -0.1) is 11.3 Å². The molecule has 1 aromatic rings. The first kappa shape index (κ1) is 15.7. The zero-order chi connectivity index (χ0) is 14.5. The lowest BCUT2D eigenvalue weighted by Crippen LogP contribution is -2.53. The van der Waals surface area contributed by atoms with Gasteiger partial charge in [-0.1, -0.05) is 25.4 Å². The number of carboxylic acids is 1. The van der Waals surface area contributed by atoms with Gasteiger partial charge in [0.05, 0.1) is 4.34 Å². The highest BCUT2D eigenvalue weighted by Gasteiger charge is 2.35. The van der Waals surface area contributed by atoms with Gasteiger partial charge in [-0.25, -0.2) is 4.79 Å². The van der Waals surface area contributed by atoms with Crippen LogP contribution in [0.2, 0.25) is 4.34 Å². The van der Waals surface area contributed by atoms with Gasteiger partial charge >= 0.3 is 5.97 Å². The number of thiophene rings is 1. The summed E-state index contributed by atoms with van der Waals surface area (Å²) >= 11 is 7.12. The number of nitrogens with one attached hydrogen (secondary N) is 1. The molecule has 0 spiro atoms. The van der Waals surface area contributed by atoms with Crippen molar-refractivity contribution in [2.24, 2.45) is 0 Å². The van der Waals surface area contributed by atoms with Gasteiger partial charge in [0, 0.05) is 11.0 Å². The minimum absolute atomic E-state index is 0.337. The lowest BCUT2D eigenvalue weighted by atomic mass is 9.93. The van der Waals surface area contributed by atoms with E-state index in [0.29, 0.717) is 17.2 Å². The van der Waals surface area contributed by atoms with Crippen LogP contribution in [0.15, 0.2) is 18.2 Å². The molecule has 1 heterocycles. The van der Waals surface area contributed by atoms with E-state index in [1.807, 2.05) is 0 Å².